The van der Waals surface area contributed by atoms with E-state index in [-0.39, 0.29) is 24.7 Å². The number of phenolic OH excluding ortho intramolecular Hbond substituents is 2. The van der Waals surface area contributed by atoms with Crippen molar-refractivity contribution in [1.29, 1.82) is 0 Å². The molecule has 1 unspecified atom stereocenters. The number of benzene rings is 3. The first kappa shape index (κ1) is 39.3. The number of hydrogen-bond donors (Lipinski definition) is 2. The summed E-state index contributed by atoms with van der Waals surface area (Å²) in [5, 5.41) is 23.1. The van der Waals surface area contributed by atoms with Gasteiger partial charge < -0.3 is 19.3 Å². The van der Waals surface area contributed by atoms with Crippen LogP contribution in [0.4, 0.5) is 5.69 Å². The molecular weight excluding hydrogens is 621 g/mol. The van der Waals surface area contributed by atoms with Crippen molar-refractivity contribution < 1.29 is 28.6 Å². The molecule has 2 N–H and O–H groups in total. The minimum atomic E-state index is -4.13. The standard InChI is InChI=1S/C40H58NO6P/c1-15-46-48(45,47-16-2)36(27-24-31(39(9,10)11)34(43)32(25-27)40(12,13)14)41(28-20-18-17-19-21-28)35(44)26-22-29(37(3,4)5)33(42)30(23-26)38(6,7)8/h17-25,36,42-43H,15-16H2,1-14H3. The Bertz CT molecular complexity index is 1570. The third-order valence-electron chi connectivity index (χ3n) is 8.43. The van der Waals surface area contributed by atoms with E-state index in [1.807, 2.05) is 113 Å². The average molecular weight is 680 g/mol. The zero-order chi connectivity index (χ0) is 36.6. The van der Waals surface area contributed by atoms with Crippen molar-refractivity contribution in [2.45, 2.75) is 124 Å². The predicted octanol–water partition coefficient (Wildman–Crippen LogP) is 10.9. The van der Waals surface area contributed by atoms with Crippen LogP contribution in [-0.4, -0.2) is 29.3 Å². The van der Waals surface area contributed by atoms with Gasteiger partial charge in [-0.05, 0) is 88.6 Å². The van der Waals surface area contributed by atoms with Crippen molar-refractivity contribution in [2.75, 3.05) is 18.1 Å². The molecule has 8 heteroatoms. The first-order chi connectivity index (χ1) is 21.9. The molecule has 0 bridgehead atoms. The lowest BCUT2D eigenvalue weighted by molar-refractivity contribution is 0.0975. The Balaban J connectivity index is 2.59. The molecule has 0 spiro atoms. The van der Waals surface area contributed by atoms with Gasteiger partial charge in [-0.3, -0.25) is 14.3 Å². The van der Waals surface area contributed by atoms with Gasteiger partial charge in [0, 0.05) is 22.4 Å². The highest BCUT2D eigenvalue weighted by molar-refractivity contribution is 7.54. The van der Waals surface area contributed by atoms with E-state index >= 15 is 9.36 Å². The maximum atomic E-state index is 15.3. The van der Waals surface area contributed by atoms with Crippen LogP contribution in [0.3, 0.4) is 0 Å². The van der Waals surface area contributed by atoms with Gasteiger partial charge in [0.15, 0.2) is 5.78 Å². The second kappa shape index (κ2) is 14.0. The van der Waals surface area contributed by atoms with E-state index in [2.05, 4.69) is 0 Å². The number of nitrogens with zero attached hydrogens (tertiary/aromatic N) is 1. The monoisotopic (exact) mass is 679 g/mol. The Hall–Kier alpha value is -3.12. The number of carbonyl (C=O) groups is 1. The first-order valence-corrected chi connectivity index (χ1v) is 18.5. The van der Waals surface area contributed by atoms with Crippen molar-refractivity contribution in [3.8, 4) is 11.5 Å². The summed E-state index contributed by atoms with van der Waals surface area (Å²) in [4.78, 5) is 16.8. The lowest BCUT2D eigenvalue weighted by Gasteiger charge is -2.38. The van der Waals surface area contributed by atoms with Crippen LogP contribution in [0.1, 0.15) is 141 Å². The third-order valence-corrected chi connectivity index (χ3v) is 10.8. The molecule has 0 saturated heterocycles. The SMILES string of the molecule is CCOP(=O)(OCC)C(c1cc(C(C)(C)C)c(O)c(C(C)(C)C)c1)N(C(=O)c1cc(C(C)(C)C)c(O)c(C(C)(C)C)c1)c1ccccc1. The zero-order valence-electron chi connectivity index (χ0n) is 31.6. The molecule has 0 saturated carbocycles. The molecule has 0 aliphatic carbocycles. The lowest BCUT2D eigenvalue weighted by Crippen LogP contribution is -2.37. The number of rotatable bonds is 9. The summed E-state index contributed by atoms with van der Waals surface area (Å²) in [7, 11) is -4.13. The normalized spacial score (nSPS) is 13.8. The summed E-state index contributed by atoms with van der Waals surface area (Å²) in [6, 6.07) is 16.3. The maximum absolute atomic E-state index is 15.3. The highest BCUT2D eigenvalue weighted by Crippen LogP contribution is 2.64. The smallest absolute Gasteiger partial charge is 0.357 e. The van der Waals surface area contributed by atoms with Gasteiger partial charge in [-0.15, -0.1) is 0 Å². The third kappa shape index (κ3) is 8.35. The summed E-state index contributed by atoms with van der Waals surface area (Å²) in [5.41, 5.74) is 1.99. The number of amides is 1. The van der Waals surface area contributed by atoms with Crippen LogP contribution >= 0.6 is 7.60 Å². The van der Waals surface area contributed by atoms with E-state index in [1.165, 1.54) is 4.90 Å². The predicted molar refractivity (Wildman–Crippen MR) is 198 cm³/mol. The summed E-state index contributed by atoms with van der Waals surface area (Å²) in [5.74, 6) is -1.32. The van der Waals surface area contributed by atoms with Gasteiger partial charge in [-0.1, -0.05) is 101 Å². The van der Waals surface area contributed by atoms with Gasteiger partial charge in [0.25, 0.3) is 5.91 Å². The molecule has 0 aromatic heterocycles. The largest absolute Gasteiger partial charge is 0.507 e. The summed E-state index contributed by atoms with van der Waals surface area (Å²) >= 11 is 0. The lowest BCUT2D eigenvalue weighted by atomic mass is 9.78. The van der Waals surface area contributed by atoms with Crippen molar-refractivity contribution in [3.05, 3.63) is 88.0 Å². The van der Waals surface area contributed by atoms with Crippen molar-refractivity contribution in [2.24, 2.45) is 0 Å². The average Bonchev–Trinajstić information content (AvgIpc) is 2.94. The number of anilines is 1. The molecule has 0 heterocycles. The van der Waals surface area contributed by atoms with E-state index < -0.39 is 40.9 Å². The first-order valence-electron chi connectivity index (χ1n) is 16.9. The zero-order valence-corrected chi connectivity index (χ0v) is 32.5. The molecular formula is C40H58NO6P. The highest BCUT2D eigenvalue weighted by atomic mass is 31.2. The number of hydrogen-bond acceptors (Lipinski definition) is 6. The number of phenols is 2. The molecule has 0 aliphatic rings. The topological polar surface area (TPSA) is 96.3 Å². The van der Waals surface area contributed by atoms with Crippen LogP contribution in [0.25, 0.3) is 0 Å². The molecule has 0 radical (unpaired) electrons. The minimum absolute atomic E-state index is 0.0858. The van der Waals surface area contributed by atoms with Crippen LogP contribution in [0.2, 0.25) is 0 Å². The van der Waals surface area contributed by atoms with Crippen molar-refractivity contribution >= 4 is 19.2 Å². The van der Waals surface area contributed by atoms with Crippen molar-refractivity contribution in [1.82, 2.24) is 0 Å². The van der Waals surface area contributed by atoms with Crippen LogP contribution in [0.5, 0.6) is 11.5 Å². The van der Waals surface area contributed by atoms with Crippen LogP contribution in [0.15, 0.2) is 54.6 Å². The second-order valence-corrected chi connectivity index (χ2v) is 18.7. The van der Waals surface area contributed by atoms with Gasteiger partial charge in [-0.25, -0.2) is 0 Å². The summed E-state index contributed by atoms with van der Waals surface area (Å²) in [6.45, 7) is 27.7. The molecule has 0 fully saturated rings. The van der Waals surface area contributed by atoms with Crippen LogP contribution in [0, 0.1) is 0 Å². The van der Waals surface area contributed by atoms with Gasteiger partial charge in [0.1, 0.15) is 11.5 Å². The Labute approximate surface area is 289 Å². The maximum Gasteiger partial charge on any atom is 0.357 e. The van der Waals surface area contributed by atoms with Gasteiger partial charge in [0.05, 0.1) is 13.2 Å². The van der Waals surface area contributed by atoms with E-state index in [9.17, 15) is 10.2 Å². The fourth-order valence-corrected chi connectivity index (χ4v) is 8.07. The molecule has 3 aromatic carbocycles. The molecule has 0 aliphatic heterocycles. The Morgan fingerprint density at radius 3 is 1.35 bits per heavy atom. The van der Waals surface area contributed by atoms with E-state index in [0.717, 1.165) is 0 Å². The molecule has 3 aromatic rings. The molecule has 3 rings (SSSR count). The molecule has 1 amide bonds. The Morgan fingerprint density at radius 2 is 1.02 bits per heavy atom. The van der Waals surface area contributed by atoms with Crippen molar-refractivity contribution in [3.63, 3.8) is 0 Å². The van der Waals surface area contributed by atoms with Crippen LogP contribution < -0.4 is 4.90 Å². The summed E-state index contributed by atoms with van der Waals surface area (Å²) in [6.07, 6.45) is 0. The second-order valence-electron chi connectivity index (χ2n) is 16.6. The fraction of sp³-hybridized carbons (Fsp3) is 0.525. The molecule has 1 atom stereocenters. The van der Waals surface area contributed by atoms with Gasteiger partial charge in [-0.2, -0.15) is 0 Å². The van der Waals surface area contributed by atoms with Crippen LogP contribution in [-0.2, 0) is 35.3 Å². The van der Waals surface area contributed by atoms with E-state index in [4.69, 9.17) is 9.05 Å². The molecule has 48 heavy (non-hydrogen) atoms. The number of para-hydroxylation sites is 1. The Kier molecular flexibility index (Phi) is 11.5. The van der Waals surface area contributed by atoms with E-state index in [0.29, 0.717) is 39.1 Å². The number of aromatic hydroxyl groups is 2. The highest BCUT2D eigenvalue weighted by Gasteiger charge is 2.46. The number of carbonyl (C=O) groups excluding carboxylic acids is 1. The van der Waals surface area contributed by atoms with E-state index in [1.54, 1.807) is 38.1 Å². The fourth-order valence-electron chi connectivity index (χ4n) is 5.96. The quantitative estimate of drug-likeness (QED) is 0.219. The molecule has 264 valence electrons. The summed E-state index contributed by atoms with van der Waals surface area (Å²) < 4.78 is 27.4. The minimum Gasteiger partial charge on any atom is -0.507 e. The van der Waals surface area contributed by atoms with Gasteiger partial charge in [0.2, 0.25) is 0 Å². The Morgan fingerprint density at radius 1 is 0.667 bits per heavy atom. The van der Waals surface area contributed by atoms with Gasteiger partial charge >= 0.3 is 7.60 Å². The molecule has 7 nitrogen and oxygen atoms in total.